The minimum Gasteiger partial charge on any atom is -0.319 e. The van der Waals surface area contributed by atoms with Crippen molar-refractivity contribution in [3.63, 3.8) is 0 Å². The zero-order chi connectivity index (χ0) is 17.0. The van der Waals surface area contributed by atoms with Gasteiger partial charge < -0.3 is 5.32 Å². The number of rotatable bonds is 4. The van der Waals surface area contributed by atoms with Crippen LogP contribution in [0.3, 0.4) is 0 Å². The fourth-order valence-corrected chi connectivity index (χ4v) is 2.67. The molecule has 23 heavy (non-hydrogen) atoms. The van der Waals surface area contributed by atoms with E-state index in [1.54, 1.807) is 36.8 Å². The smallest absolute Gasteiger partial charge is 0.255 e. The lowest BCUT2D eigenvalue weighted by atomic mass is 9.96. The van der Waals surface area contributed by atoms with Crippen molar-refractivity contribution in [1.82, 2.24) is 9.97 Å². The summed E-state index contributed by atoms with van der Waals surface area (Å²) >= 11 is 0. The number of nitrogens with zero attached hydrogens (tertiary/aromatic N) is 2. The minimum atomic E-state index is -0.939. The lowest BCUT2D eigenvalue weighted by molar-refractivity contribution is 0.102. The number of hydrogen-bond acceptors (Lipinski definition) is 4. The molecular weight excluding hydrogens is 310 g/mol. The van der Waals surface area contributed by atoms with E-state index in [0.29, 0.717) is 17.0 Å². The molecule has 0 saturated carbocycles. The molecule has 0 aliphatic heterocycles. The van der Waals surface area contributed by atoms with E-state index < -0.39 is 10.8 Å². The molecule has 1 amide bonds. The molecule has 0 unspecified atom stereocenters. The quantitative estimate of drug-likeness (QED) is 0.935. The Bertz CT molecular complexity index is 721. The topological polar surface area (TPSA) is 72.0 Å². The standard InChI is InChI=1S/C17H21N3O2S/c1-17(2,3)16-18-9-14(10-19-16)20-15(21)13-7-5-6-12(8-13)11-23(4)22/h5-10H,11H2,1-4H3,(H,20,21)/t23-/m0/s1. The Balaban J connectivity index is 2.11. The highest BCUT2D eigenvalue weighted by Crippen LogP contribution is 2.18. The summed E-state index contributed by atoms with van der Waals surface area (Å²) < 4.78 is 11.3. The van der Waals surface area contributed by atoms with Gasteiger partial charge in [0.05, 0.1) is 18.1 Å². The van der Waals surface area contributed by atoms with Crippen LogP contribution in [0.2, 0.25) is 0 Å². The Morgan fingerprint density at radius 3 is 2.43 bits per heavy atom. The predicted molar refractivity (Wildman–Crippen MR) is 92.9 cm³/mol. The SMILES string of the molecule is C[S@](=O)Cc1cccc(C(=O)Nc2cnc(C(C)(C)C)nc2)c1. The maximum absolute atomic E-state index is 12.3. The van der Waals surface area contributed by atoms with E-state index in [1.807, 2.05) is 26.8 Å². The van der Waals surface area contributed by atoms with Gasteiger partial charge in [0.15, 0.2) is 0 Å². The molecule has 1 aromatic heterocycles. The van der Waals surface area contributed by atoms with Crippen molar-refractivity contribution in [2.75, 3.05) is 11.6 Å². The molecule has 2 aromatic rings. The highest BCUT2D eigenvalue weighted by molar-refractivity contribution is 7.83. The van der Waals surface area contributed by atoms with Crippen LogP contribution in [0, 0.1) is 0 Å². The van der Waals surface area contributed by atoms with Crippen LogP contribution in [-0.2, 0) is 22.0 Å². The minimum absolute atomic E-state index is 0.132. The number of nitrogens with one attached hydrogen (secondary N) is 1. The molecule has 0 fully saturated rings. The summed E-state index contributed by atoms with van der Waals surface area (Å²) in [6.07, 6.45) is 4.85. The van der Waals surface area contributed by atoms with Crippen molar-refractivity contribution < 1.29 is 9.00 Å². The molecule has 0 aliphatic rings. The first-order chi connectivity index (χ1) is 10.8. The maximum atomic E-state index is 12.3. The molecule has 0 saturated heterocycles. The largest absolute Gasteiger partial charge is 0.319 e. The van der Waals surface area contributed by atoms with Crippen LogP contribution in [0.4, 0.5) is 5.69 Å². The Morgan fingerprint density at radius 1 is 1.22 bits per heavy atom. The highest BCUT2D eigenvalue weighted by Gasteiger charge is 2.17. The second-order valence-corrected chi connectivity index (χ2v) is 7.85. The summed E-state index contributed by atoms with van der Waals surface area (Å²) in [5.41, 5.74) is 1.81. The van der Waals surface area contributed by atoms with E-state index in [1.165, 1.54) is 0 Å². The molecule has 122 valence electrons. The lowest BCUT2D eigenvalue weighted by Gasteiger charge is -2.16. The first-order valence-corrected chi connectivity index (χ1v) is 9.01. The summed E-state index contributed by atoms with van der Waals surface area (Å²) in [6, 6.07) is 7.12. The van der Waals surface area contributed by atoms with Crippen molar-refractivity contribution in [3.05, 3.63) is 53.6 Å². The van der Waals surface area contributed by atoms with Gasteiger partial charge in [-0.1, -0.05) is 32.9 Å². The van der Waals surface area contributed by atoms with Gasteiger partial charge >= 0.3 is 0 Å². The van der Waals surface area contributed by atoms with Crippen molar-refractivity contribution in [2.24, 2.45) is 0 Å². The van der Waals surface area contributed by atoms with Crippen molar-refractivity contribution >= 4 is 22.4 Å². The average molecular weight is 331 g/mol. The van der Waals surface area contributed by atoms with Crippen LogP contribution in [0.15, 0.2) is 36.7 Å². The molecule has 6 heteroatoms. The second-order valence-electron chi connectivity index (χ2n) is 6.42. The number of carbonyl (C=O) groups excluding carboxylic acids is 1. The number of hydrogen-bond donors (Lipinski definition) is 1. The monoisotopic (exact) mass is 331 g/mol. The van der Waals surface area contributed by atoms with Crippen LogP contribution < -0.4 is 5.32 Å². The zero-order valence-corrected chi connectivity index (χ0v) is 14.6. The molecule has 0 radical (unpaired) electrons. The van der Waals surface area contributed by atoms with Gasteiger partial charge in [0.25, 0.3) is 5.91 Å². The van der Waals surface area contributed by atoms with Gasteiger partial charge in [-0.15, -0.1) is 0 Å². The van der Waals surface area contributed by atoms with E-state index >= 15 is 0 Å². The third-order valence-corrected chi connectivity index (χ3v) is 3.88. The van der Waals surface area contributed by atoms with E-state index in [9.17, 15) is 9.00 Å². The maximum Gasteiger partial charge on any atom is 0.255 e. The summed E-state index contributed by atoms with van der Waals surface area (Å²) in [5, 5.41) is 2.78. The molecule has 1 aromatic carbocycles. The number of carbonyl (C=O) groups is 1. The Kier molecular flexibility index (Phi) is 5.26. The molecule has 1 atom stereocenters. The summed E-state index contributed by atoms with van der Waals surface area (Å²) in [7, 11) is -0.939. The molecule has 2 rings (SSSR count). The van der Waals surface area contributed by atoms with Crippen LogP contribution in [-0.4, -0.2) is 26.3 Å². The first-order valence-electron chi connectivity index (χ1n) is 7.28. The van der Waals surface area contributed by atoms with E-state index in [0.717, 1.165) is 11.4 Å². The van der Waals surface area contributed by atoms with Crippen LogP contribution in [0.25, 0.3) is 0 Å². The van der Waals surface area contributed by atoms with E-state index in [4.69, 9.17) is 0 Å². The van der Waals surface area contributed by atoms with Crippen molar-refractivity contribution in [2.45, 2.75) is 31.9 Å². The van der Waals surface area contributed by atoms with Gasteiger partial charge in [-0.2, -0.15) is 0 Å². The summed E-state index contributed by atoms with van der Waals surface area (Å²) in [5.74, 6) is 0.925. The predicted octanol–water partition coefficient (Wildman–Crippen LogP) is 2.90. The number of amides is 1. The third kappa shape index (κ3) is 4.96. The first kappa shape index (κ1) is 17.3. The van der Waals surface area contributed by atoms with Gasteiger partial charge in [0.1, 0.15) is 5.82 Å². The molecular formula is C17H21N3O2S. The molecule has 1 N–H and O–H groups in total. The van der Waals surface area contributed by atoms with Gasteiger partial charge in [0.2, 0.25) is 0 Å². The third-order valence-electron chi connectivity index (χ3n) is 3.14. The van der Waals surface area contributed by atoms with Crippen LogP contribution in [0.5, 0.6) is 0 Å². The van der Waals surface area contributed by atoms with Crippen molar-refractivity contribution in [1.29, 1.82) is 0 Å². The van der Waals surface area contributed by atoms with Gasteiger partial charge in [-0.3, -0.25) is 9.00 Å². The number of benzene rings is 1. The Morgan fingerprint density at radius 2 is 1.87 bits per heavy atom. The normalized spacial score (nSPS) is 12.7. The molecule has 0 spiro atoms. The molecule has 0 aliphatic carbocycles. The summed E-state index contributed by atoms with van der Waals surface area (Å²) in [4.78, 5) is 20.9. The Labute approximate surface area is 139 Å². The van der Waals surface area contributed by atoms with Crippen LogP contribution in [0.1, 0.15) is 42.5 Å². The second kappa shape index (κ2) is 7.00. The van der Waals surface area contributed by atoms with Gasteiger partial charge in [-0.05, 0) is 17.7 Å². The Hall–Kier alpha value is -2.08. The van der Waals surface area contributed by atoms with Crippen LogP contribution >= 0.6 is 0 Å². The molecule has 1 heterocycles. The van der Waals surface area contributed by atoms with Crippen molar-refractivity contribution in [3.8, 4) is 0 Å². The fraction of sp³-hybridized carbons (Fsp3) is 0.353. The lowest BCUT2D eigenvalue weighted by Crippen LogP contribution is -2.17. The molecule has 5 nitrogen and oxygen atoms in total. The fourth-order valence-electron chi connectivity index (χ4n) is 2.02. The summed E-state index contributed by atoms with van der Waals surface area (Å²) in [6.45, 7) is 6.09. The van der Waals surface area contributed by atoms with Gasteiger partial charge in [-0.25, -0.2) is 9.97 Å². The van der Waals surface area contributed by atoms with E-state index in [2.05, 4.69) is 15.3 Å². The zero-order valence-electron chi connectivity index (χ0n) is 13.8. The highest BCUT2D eigenvalue weighted by atomic mass is 32.2. The molecule has 0 bridgehead atoms. The number of aromatic nitrogens is 2. The number of anilines is 1. The van der Waals surface area contributed by atoms with E-state index in [-0.39, 0.29) is 11.3 Å². The average Bonchev–Trinajstić information content (AvgIpc) is 2.46. The van der Waals surface area contributed by atoms with Gasteiger partial charge in [0, 0.05) is 33.8 Å².